The number of hydrogen-bond acceptors (Lipinski definition) is 12. The van der Waals surface area contributed by atoms with Crippen LogP contribution in [0.3, 0.4) is 0 Å². The monoisotopic (exact) mass is 965 g/mol. The van der Waals surface area contributed by atoms with Gasteiger partial charge in [-0.1, -0.05) is 115 Å². The third-order valence-electron chi connectivity index (χ3n) is 9.40. The third-order valence-corrected chi connectivity index (χ3v) is 11.4. The number of alkyl carbamates (subject to hydrolysis) is 1. The first-order valence-corrected chi connectivity index (χ1v) is 24.0. The Labute approximate surface area is 405 Å². The molecule has 0 aromatic heterocycles. The number of benzene rings is 5. The van der Waals surface area contributed by atoms with Gasteiger partial charge in [0.15, 0.2) is 6.04 Å². The largest absolute Gasteiger partial charge is 0.489 e. The van der Waals surface area contributed by atoms with Crippen molar-refractivity contribution in [2.45, 2.75) is 117 Å². The van der Waals surface area contributed by atoms with Crippen molar-refractivity contribution in [1.29, 1.82) is 0 Å². The smallest absolute Gasteiger partial charge is 0.475 e. The number of amides is 3. The minimum absolute atomic E-state index is 0.112. The summed E-state index contributed by atoms with van der Waals surface area (Å²) in [6.45, 7) is 14.6. The summed E-state index contributed by atoms with van der Waals surface area (Å²) in [6.07, 6.45) is -0.927. The van der Waals surface area contributed by atoms with Crippen LogP contribution in [0, 0.1) is 0 Å². The van der Waals surface area contributed by atoms with E-state index in [1.54, 1.807) is 135 Å². The van der Waals surface area contributed by atoms with Crippen LogP contribution >= 0.6 is 7.82 Å². The summed E-state index contributed by atoms with van der Waals surface area (Å²) in [7, 11) is -4.49. The highest BCUT2D eigenvalue weighted by atomic mass is 31.2. The zero-order valence-corrected chi connectivity index (χ0v) is 41.6. The third kappa shape index (κ3) is 18.8. The molecule has 368 valence electrons. The Balaban J connectivity index is 1.48. The Kier molecular flexibility index (Phi) is 18.7. The standard InChI is InChI=1S/C53H64N3O12P/c1-51(2,3)66-50(60)56-45(40-25-29-42(30-26-40)62-33-37-19-13-10-14-20-37)48(58)54-44(36-65-69(61,67-52(4,5)6)68-53(7,8)9)47(57)55-46(49(59)64-35-39-23-17-12-18-24-39)41-27-31-43(32-28-41)63-34-38-21-15-11-16-22-38/h10-32,44-46H,33-36H2,1-9H3,(H,54,58)(H,55,57)(H,56,60)/t44-,45+,46+/m0/s1. The number of carbonyl (C=O) groups is 4. The maximum Gasteiger partial charge on any atom is 0.475 e. The summed E-state index contributed by atoms with van der Waals surface area (Å²) >= 11 is 0. The van der Waals surface area contributed by atoms with Crippen LogP contribution < -0.4 is 25.4 Å². The molecule has 5 rings (SSSR count). The van der Waals surface area contributed by atoms with Crippen LogP contribution in [0.5, 0.6) is 11.5 Å². The van der Waals surface area contributed by atoms with Crippen molar-refractivity contribution in [3.8, 4) is 11.5 Å². The Morgan fingerprint density at radius 3 is 1.33 bits per heavy atom. The number of phosphoric acid groups is 1. The minimum atomic E-state index is -4.49. The Hall–Kier alpha value is -6.51. The van der Waals surface area contributed by atoms with Crippen LogP contribution in [-0.2, 0) is 61.8 Å². The lowest BCUT2D eigenvalue weighted by molar-refractivity contribution is -0.149. The van der Waals surface area contributed by atoms with Crippen LogP contribution in [0.15, 0.2) is 140 Å². The molecule has 69 heavy (non-hydrogen) atoms. The lowest BCUT2D eigenvalue weighted by Crippen LogP contribution is -2.54. The molecule has 5 aromatic rings. The number of rotatable bonds is 21. The molecule has 0 heterocycles. The summed E-state index contributed by atoms with van der Waals surface area (Å²) in [6, 6.07) is 36.5. The van der Waals surface area contributed by atoms with Crippen LogP contribution in [0.25, 0.3) is 0 Å². The fourth-order valence-electron chi connectivity index (χ4n) is 6.40. The van der Waals surface area contributed by atoms with E-state index < -0.39 is 73.2 Å². The highest BCUT2D eigenvalue weighted by molar-refractivity contribution is 7.48. The van der Waals surface area contributed by atoms with Crippen molar-refractivity contribution in [1.82, 2.24) is 16.0 Å². The molecule has 0 aliphatic carbocycles. The topological polar surface area (TPSA) is 186 Å². The second-order valence-corrected chi connectivity index (χ2v) is 20.5. The summed E-state index contributed by atoms with van der Waals surface area (Å²) < 4.78 is 55.1. The molecule has 0 aliphatic rings. The first kappa shape index (κ1) is 53.4. The quantitative estimate of drug-likeness (QED) is 0.0468. The summed E-state index contributed by atoms with van der Waals surface area (Å²) in [4.78, 5) is 56.7. The van der Waals surface area contributed by atoms with Crippen molar-refractivity contribution >= 4 is 31.7 Å². The summed E-state index contributed by atoms with van der Waals surface area (Å²) in [5.41, 5.74) is 0.165. The van der Waals surface area contributed by atoms with Gasteiger partial charge in [0.1, 0.15) is 49.0 Å². The van der Waals surface area contributed by atoms with Crippen LogP contribution in [0.4, 0.5) is 4.79 Å². The van der Waals surface area contributed by atoms with Gasteiger partial charge in [-0.15, -0.1) is 0 Å². The maximum absolute atomic E-state index is 14.7. The van der Waals surface area contributed by atoms with Crippen molar-refractivity contribution < 1.29 is 56.3 Å². The van der Waals surface area contributed by atoms with E-state index in [1.807, 2.05) is 66.7 Å². The molecule has 0 unspecified atom stereocenters. The van der Waals surface area contributed by atoms with Crippen LogP contribution in [0.2, 0.25) is 0 Å². The van der Waals surface area contributed by atoms with Gasteiger partial charge >= 0.3 is 19.9 Å². The van der Waals surface area contributed by atoms with E-state index in [0.29, 0.717) is 34.8 Å². The van der Waals surface area contributed by atoms with E-state index >= 15 is 0 Å². The fourth-order valence-corrected chi connectivity index (χ4v) is 8.22. The minimum Gasteiger partial charge on any atom is -0.489 e. The molecule has 0 saturated carbocycles. The molecule has 3 N–H and O–H groups in total. The molecule has 0 aliphatic heterocycles. The van der Waals surface area contributed by atoms with Gasteiger partial charge in [-0.25, -0.2) is 14.2 Å². The number of hydrogen-bond donors (Lipinski definition) is 3. The zero-order valence-electron chi connectivity index (χ0n) is 40.7. The second kappa shape index (κ2) is 24.2. The molecule has 0 fully saturated rings. The fraction of sp³-hybridized carbons (Fsp3) is 0.358. The van der Waals surface area contributed by atoms with E-state index in [9.17, 15) is 23.7 Å². The Morgan fingerprint density at radius 2 is 0.913 bits per heavy atom. The van der Waals surface area contributed by atoms with Crippen molar-refractivity contribution in [3.63, 3.8) is 0 Å². The molecule has 16 heteroatoms. The molecule has 0 radical (unpaired) electrons. The van der Waals surface area contributed by atoms with E-state index in [2.05, 4.69) is 16.0 Å². The number of nitrogens with one attached hydrogen (secondary N) is 3. The molecule has 15 nitrogen and oxygen atoms in total. The second-order valence-electron chi connectivity index (χ2n) is 19.0. The SMILES string of the molecule is CC(C)(C)OC(=O)N[C@@H](C(=O)N[C@@H](COP(=O)(OC(C)(C)C)OC(C)(C)C)C(=O)N[C@@H](C(=O)OCc1ccccc1)c1ccc(OCc2ccccc2)cc1)c1ccc(OCc2ccccc2)cc1. The molecule has 0 bridgehead atoms. The van der Waals surface area contributed by atoms with Gasteiger partial charge in [0.25, 0.3) is 0 Å². The lowest BCUT2D eigenvalue weighted by Gasteiger charge is -2.32. The number of esters is 1. The van der Waals surface area contributed by atoms with Gasteiger partial charge in [-0.05, 0) is 114 Å². The molecule has 0 saturated heterocycles. The molecule has 5 aromatic carbocycles. The van der Waals surface area contributed by atoms with Gasteiger partial charge in [0.2, 0.25) is 11.8 Å². The average Bonchev–Trinajstić information content (AvgIpc) is 3.28. The molecule has 3 atom stereocenters. The first-order valence-electron chi connectivity index (χ1n) is 22.5. The highest BCUT2D eigenvalue weighted by Gasteiger charge is 2.40. The van der Waals surface area contributed by atoms with Gasteiger partial charge < -0.3 is 34.9 Å². The predicted octanol–water partition coefficient (Wildman–Crippen LogP) is 10.3. The van der Waals surface area contributed by atoms with E-state index in [0.717, 1.165) is 11.1 Å². The van der Waals surface area contributed by atoms with Crippen LogP contribution in [0.1, 0.15) is 102 Å². The first-order chi connectivity index (χ1) is 32.5. The lowest BCUT2D eigenvalue weighted by atomic mass is 10.0. The molecule has 0 spiro atoms. The highest BCUT2D eigenvalue weighted by Crippen LogP contribution is 2.55. The molecule has 3 amide bonds. The zero-order chi connectivity index (χ0) is 50.2. The molecular weight excluding hydrogens is 902 g/mol. The summed E-state index contributed by atoms with van der Waals surface area (Å²) in [5, 5.41) is 7.99. The normalized spacial score (nSPS) is 13.2. The van der Waals surface area contributed by atoms with E-state index in [-0.39, 0.29) is 13.2 Å². The van der Waals surface area contributed by atoms with Crippen molar-refractivity contribution in [2.24, 2.45) is 0 Å². The van der Waals surface area contributed by atoms with E-state index in [1.165, 1.54) is 0 Å². The van der Waals surface area contributed by atoms with Crippen molar-refractivity contribution in [3.05, 3.63) is 167 Å². The molecular formula is C53H64N3O12P. The van der Waals surface area contributed by atoms with Gasteiger partial charge in [-0.2, -0.15) is 0 Å². The average molecular weight is 966 g/mol. The number of phosphoric ester groups is 1. The number of carbonyl (C=O) groups excluding carboxylic acids is 4. The van der Waals surface area contributed by atoms with Crippen LogP contribution in [-0.4, -0.2) is 53.3 Å². The van der Waals surface area contributed by atoms with Gasteiger partial charge in [0, 0.05) is 0 Å². The predicted molar refractivity (Wildman–Crippen MR) is 261 cm³/mol. The van der Waals surface area contributed by atoms with E-state index in [4.69, 9.17) is 32.5 Å². The maximum atomic E-state index is 14.7. The van der Waals surface area contributed by atoms with Crippen molar-refractivity contribution in [2.75, 3.05) is 6.61 Å². The summed E-state index contributed by atoms with van der Waals surface area (Å²) in [5.74, 6) is -1.69. The van der Waals surface area contributed by atoms with Gasteiger partial charge in [-0.3, -0.25) is 23.2 Å². The van der Waals surface area contributed by atoms with Gasteiger partial charge in [0.05, 0.1) is 17.8 Å². The Morgan fingerprint density at radius 1 is 0.493 bits per heavy atom. The Bertz CT molecular complexity index is 2450. The number of ether oxygens (including phenoxy) is 4.